The molecule has 1 fully saturated rings. The lowest BCUT2D eigenvalue weighted by Crippen LogP contribution is -2.33. The Morgan fingerprint density at radius 3 is 2.52 bits per heavy atom. The molecule has 0 spiro atoms. The largest absolute Gasteiger partial charge is 0.428 e. The van der Waals surface area contributed by atoms with Crippen molar-refractivity contribution in [3.63, 3.8) is 0 Å². The molecule has 7 nitrogen and oxygen atoms in total. The topological polar surface area (TPSA) is 105 Å². The highest BCUT2D eigenvalue weighted by atomic mass is 31.2. The predicted molar refractivity (Wildman–Crippen MR) is 73.1 cm³/mol. The van der Waals surface area contributed by atoms with Crippen molar-refractivity contribution < 1.29 is 33.2 Å². The summed E-state index contributed by atoms with van der Waals surface area (Å²) >= 11 is 0. The molecule has 1 aliphatic rings. The van der Waals surface area contributed by atoms with Crippen molar-refractivity contribution in [3.05, 3.63) is 0 Å². The predicted octanol–water partition coefficient (Wildman–Crippen LogP) is 1.43. The molecule has 0 heterocycles. The second-order valence-corrected chi connectivity index (χ2v) is 5.99. The van der Waals surface area contributed by atoms with Crippen LogP contribution in [-0.4, -0.2) is 47.5 Å². The van der Waals surface area contributed by atoms with Crippen LogP contribution in [0.15, 0.2) is 0 Å². The summed E-state index contributed by atoms with van der Waals surface area (Å²) in [6, 6.07) is 0. The minimum atomic E-state index is -2.33. The van der Waals surface area contributed by atoms with E-state index in [1.165, 1.54) is 0 Å². The summed E-state index contributed by atoms with van der Waals surface area (Å²) in [4.78, 5) is 40.0. The molecule has 9 heteroatoms. The van der Waals surface area contributed by atoms with E-state index in [9.17, 15) is 14.0 Å². The van der Waals surface area contributed by atoms with Crippen molar-refractivity contribution in [2.45, 2.75) is 38.3 Å². The Balaban J connectivity index is 2.08. The number of carbonyl (C=O) groups is 2. The molecule has 0 aromatic heterocycles. The van der Waals surface area contributed by atoms with Crippen LogP contribution in [0, 0.1) is 5.92 Å². The summed E-state index contributed by atoms with van der Waals surface area (Å²) in [7, 11) is -2.33. The van der Waals surface area contributed by atoms with Crippen LogP contribution in [-0.2, 0) is 14.3 Å². The van der Waals surface area contributed by atoms with Crippen LogP contribution in [0.4, 0.5) is 9.18 Å². The summed E-state index contributed by atoms with van der Waals surface area (Å²) in [5.74, 6) is -0.508. The van der Waals surface area contributed by atoms with Gasteiger partial charge in [-0.2, -0.15) is 0 Å². The zero-order chi connectivity index (χ0) is 15.7. The average molecular weight is 325 g/mol. The van der Waals surface area contributed by atoms with Crippen LogP contribution < -0.4 is 5.32 Å². The first kappa shape index (κ1) is 18.1. The van der Waals surface area contributed by atoms with E-state index >= 15 is 0 Å². The molecule has 1 saturated carbocycles. The Morgan fingerprint density at radius 2 is 1.90 bits per heavy atom. The standard InChI is InChI=1S/C12H21FNO6P/c13-10(7-21(17)18)6-14-12(16)20-8-19-11(15)9-4-2-1-3-5-9/h9-10,17-18H,1-8H2,(H,14,16)/t10-/m1/s1. The number of esters is 1. The van der Waals surface area contributed by atoms with Gasteiger partial charge in [-0.15, -0.1) is 0 Å². The van der Waals surface area contributed by atoms with Crippen molar-refractivity contribution >= 4 is 20.4 Å². The molecule has 0 aromatic carbocycles. The van der Waals surface area contributed by atoms with E-state index in [2.05, 4.69) is 10.1 Å². The first-order chi connectivity index (χ1) is 9.99. The first-order valence-corrected chi connectivity index (χ1v) is 8.29. The van der Waals surface area contributed by atoms with Crippen LogP contribution in [0.1, 0.15) is 32.1 Å². The number of rotatable bonds is 7. The molecular formula is C12H21FNO6P. The Hall–Kier alpha value is -0.980. The zero-order valence-corrected chi connectivity index (χ0v) is 12.6. The molecule has 3 N–H and O–H groups in total. The molecular weight excluding hydrogens is 304 g/mol. The lowest BCUT2D eigenvalue weighted by atomic mass is 9.89. The maximum absolute atomic E-state index is 13.0. The summed E-state index contributed by atoms with van der Waals surface area (Å²) < 4.78 is 22.5. The fourth-order valence-electron chi connectivity index (χ4n) is 2.08. The third kappa shape index (κ3) is 8.14. The number of alkyl carbamates (subject to hydrolysis) is 1. The Kier molecular flexibility index (Phi) is 8.49. The summed E-state index contributed by atoms with van der Waals surface area (Å²) in [6.07, 6.45) is 1.77. The van der Waals surface area contributed by atoms with Gasteiger partial charge in [0.2, 0.25) is 6.79 Å². The van der Waals surface area contributed by atoms with E-state index in [1.54, 1.807) is 0 Å². The lowest BCUT2D eigenvalue weighted by Gasteiger charge is -2.19. The molecule has 0 aliphatic heterocycles. The highest BCUT2D eigenvalue weighted by Crippen LogP contribution is 2.25. The number of ether oxygens (including phenoxy) is 2. The summed E-state index contributed by atoms with van der Waals surface area (Å²) in [6.45, 7) is -0.903. The van der Waals surface area contributed by atoms with Crippen LogP contribution in [0.5, 0.6) is 0 Å². The summed E-state index contributed by atoms with van der Waals surface area (Å²) in [5.41, 5.74) is 0. The van der Waals surface area contributed by atoms with Crippen LogP contribution >= 0.6 is 8.38 Å². The molecule has 21 heavy (non-hydrogen) atoms. The van der Waals surface area contributed by atoms with Gasteiger partial charge >= 0.3 is 12.1 Å². The first-order valence-electron chi connectivity index (χ1n) is 6.85. The Morgan fingerprint density at radius 1 is 1.24 bits per heavy atom. The van der Waals surface area contributed by atoms with Gasteiger partial charge in [0.15, 0.2) is 8.38 Å². The molecule has 1 atom stereocenters. The minimum Gasteiger partial charge on any atom is -0.428 e. The normalized spacial score (nSPS) is 17.3. The van der Waals surface area contributed by atoms with Crippen molar-refractivity contribution in [2.24, 2.45) is 5.92 Å². The number of amides is 1. The molecule has 122 valence electrons. The zero-order valence-electron chi connectivity index (χ0n) is 11.7. The van der Waals surface area contributed by atoms with E-state index in [1.807, 2.05) is 0 Å². The quantitative estimate of drug-likeness (QED) is 0.371. The van der Waals surface area contributed by atoms with Gasteiger partial charge in [0.1, 0.15) is 6.17 Å². The van der Waals surface area contributed by atoms with E-state index in [-0.39, 0.29) is 11.9 Å². The minimum absolute atomic E-state index is 0.131. The third-order valence-corrected chi connectivity index (χ3v) is 3.88. The lowest BCUT2D eigenvalue weighted by molar-refractivity contribution is -0.157. The molecule has 0 aromatic rings. The van der Waals surface area contributed by atoms with Gasteiger partial charge in [-0.05, 0) is 12.8 Å². The highest BCUT2D eigenvalue weighted by Gasteiger charge is 2.22. The van der Waals surface area contributed by atoms with E-state index in [0.717, 1.165) is 32.1 Å². The average Bonchev–Trinajstić information content (AvgIpc) is 2.45. The second kappa shape index (κ2) is 9.87. The smallest absolute Gasteiger partial charge is 0.410 e. The van der Waals surface area contributed by atoms with Gasteiger partial charge in [-0.25, -0.2) is 9.18 Å². The SMILES string of the molecule is O=C(NC[C@@H](F)CP(O)O)OCOC(=O)C1CCCCC1. The van der Waals surface area contributed by atoms with Gasteiger partial charge in [-0.3, -0.25) is 4.79 Å². The monoisotopic (exact) mass is 325 g/mol. The number of halogens is 1. The molecule has 0 saturated heterocycles. The number of alkyl halides is 1. The van der Waals surface area contributed by atoms with Gasteiger partial charge < -0.3 is 24.6 Å². The van der Waals surface area contributed by atoms with Crippen LogP contribution in [0.3, 0.4) is 0 Å². The second-order valence-electron chi connectivity index (χ2n) is 4.88. The van der Waals surface area contributed by atoms with Crippen molar-refractivity contribution in [1.29, 1.82) is 0 Å². The molecule has 1 amide bonds. The van der Waals surface area contributed by atoms with Crippen molar-refractivity contribution in [3.8, 4) is 0 Å². The van der Waals surface area contributed by atoms with Gasteiger partial charge in [0.25, 0.3) is 0 Å². The highest BCUT2D eigenvalue weighted by molar-refractivity contribution is 7.45. The van der Waals surface area contributed by atoms with Crippen molar-refractivity contribution in [1.82, 2.24) is 5.32 Å². The fraction of sp³-hybridized carbons (Fsp3) is 0.833. The Bertz CT molecular complexity index is 338. The van der Waals surface area contributed by atoms with Crippen LogP contribution in [0.2, 0.25) is 0 Å². The maximum Gasteiger partial charge on any atom is 0.410 e. The molecule has 0 radical (unpaired) electrons. The molecule has 0 bridgehead atoms. The molecule has 1 aliphatic carbocycles. The summed E-state index contributed by atoms with van der Waals surface area (Å²) in [5, 5.41) is 2.10. The Labute approximate surface area is 123 Å². The number of hydrogen-bond acceptors (Lipinski definition) is 6. The van der Waals surface area contributed by atoms with E-state index in [0.29, 0.717) is 0 Å². The van der Waals surface area contributed by atoms with Gasteiger partial charge in [0, 0.05) is 0 Å². The fourth-order valence-corrected chi connectivity index (χ4v) is 2.57. The molecule has 1 rings (SSSR count). The van der Waals surface area contributed by atoms with E-state index < -0.39 is 40.1 Å². The van der Waals surface area contributed by atoms with Gasteiger partial charge in [-0.1, -0.05) is 19.3 Å². The third-order valence-electron chi connectivity index (χ3n) is 3.16. The molecule has 0 unspecified atom stereocenters. The maximum atomic E-state index is 13.0. The van der Waals surface area contributed by atoms with Gasteiger partial charge in [0.05, 0.1) is 18.6 Å². The number of hydrogen-bond donors (Lipinski definition) is 3. The van der Waals surface area contributed by atoms with Crippen molar-refractivity contribution in [2.75, 3.05) is 19.5 Å². The van der Waals surface area contributed by atoms with E-state index in [4.69, 9.17) is 14.5 Å². The number of nitrogens with one attached hydrogen (secondary N) is 1. The van der Waals surface area contributed by atoms with Crippen LogP contribution in [0.25, 0.3) is 0 Å². The number of carbonyl (C=O) groups excluding carboxylic acids is 2.